The van der Waals surface area contributed by atoms with Crippen LogP contribution in [0, 0.1) is 4.77 Å². The summed E-state index contributed by atoms with van der Waals surface area (Å²) in [7, 11) is 0. The Kier molecular flexibility index (Phi) is 4.10. The molecule has 2 heterocycles. The quantitative estimate of drug-likeness (QED) is 0.856. The Labute approximate surface area is 127 Å². The molecule has 0 aromatic carbocycles. The summed E-state index contributed by atoms with van der Waals surface area (Å²) in [6.07, 6.45) is 0. The van der Waals surface area contributed by atoms with E-state index in [1.807, 2.05) is 45.2 Å². The zero-order chi connectivity index (χ0) is 14.9. The predicted molar refractivity (Wildman–Crippen MR) is 83.3 cm³/mol. The number of thiophene rings is 1. The maximum Gasteiger partial charge on any atom is 0.243 e. The Hall–Kier alpha value is -1.47. The molecule has 0 saturated heterocycles. The van der Waals surface area contributed by atoms with Crippen LogP contribution in [0.1, 0.15) is 33.7 Å². The van der Waals surface area contributed by atoms with E-state index in [4.69, 9.17) is 12.2 Å². The van der Waals surface area contributed by atoms with Crippen LogP contribution in [0.3, 0.4) is 0 Å². The molecule has 0 fully saturated rings. The van der Waals surface area contributed by atoms with Crippen molar-refractivity contribution >= 4 is 29.5 Å². The van der Waals surface area contributed by atoms with Crippen LogP contribution in [-0.2, 0) is 4.79 Å². The highest BCUT2D eigenvalue weighted by Crippen LogP contribution is 2.25. The van der Waals surface area contributed by atoms with Crippen LogP contribution in [-0.4, -0.2) is 26.2 Å². The molecule has 20 heavy (non-hydrogen) atoms. The highest BCUT2D eigenvalue weighted by Gasteiger charge is 2.24. The number of hydrogen-bond donors (Lipinski definition) is 2. The Morgan fingerprint density at radius 2 is 2.25 bits per heavy atom. The average molecular weight is 310 g/mol. The molecule has 2 rings (SSSR count). The van der Waals surface area contributed by atoms with Gasteiger partial charge in [-0.1, -0.05) is 6.07 Å². The maximum atomic E-state index is 12.3. The molecule has 0 saturated carbocycles. The number of hydrogen-bond acceptors (Lipinski definition) is 4. The van der Waals surface area contributed by atoms with Crippen molar-refractivity contribution in [2.45, 2.75) is 39.3 Å². The summed E-state index contributed by atoms with van der Waals surface area (Å²) in [5.41, 5.74) is -0.277. The van der Waals surface area contributed by atoms with E-state index in [1.165, 1.54) is 0 Å². The van der Waals surface area contributed by atoms with Gasteiger partial charge in [-0.15, -0.1) is 11.3 Å². The molecule has 0 aliphatic carbocycles. The van der Waals surface area contributed by atoms with Crippen LogP contribution in [0.15, 0.2) is 17.5 Å². The van der Waals surface area contributed by atoms with Crippen molar-refractivity contribution in [1.29, 1.82) is 0 Å². The zero-order valence-corrected chi connectivity index (χ0v) is 13.6. The number of carbonyl (C=O) groups is 1. The summed E-state index contributed by atoms with van der Waals surface area (Å²) in [5, 5.41) is 11.9. The molecule has 7 heteroatoms. The Morgan fingerprint density at radius 1 is 1.55 bits per heavy atom. The molecule has 2 aromatic rings. The molecule has 0 aliphatic heterocycles. The first-order valence-corrected chi connectivity index (χ1v) is 7.61. The van der Waals surface area contributed by atoms with Gasteiger partial charge in [0.15, 0.2) is 10.6 Å². The summed E-state index contributed by atoms with van der Waals surface area (Å²) in [6.45, 7) is 7.68. The molecule has 2 N–H and O–H groups in total. The van der Waals surface area contributed by atoms with Gasteiger partial charge in [0, 0.05) is 5.54 Å². The second kappa shape index (κ2) is 5.49. The lowest BCUT2D eigenvalue weighted by atomic mass is 10.1. The zero-order valence-electron chi connectivity index (χ0n) is 11.9. The third kappa shape index (κ3) is 3.16. The monoisotopic (exact) mass is 310 g/mol. The van der Waals surface area contributed by atoms with Gasteiger partial charge in [-0.2, -0.15) is 5.10 Å². The van der Waals surface area contributed by atoms with Crippen molar-refractivity contribution in [1.82, 2.24) is 20.1 Å². The van der Waals surface area contributed by atoms with E-state index < -0.39 is 6.04 Å². The fourth-order valence-corrected chi connectivity index (χ4v) is 2.84. The molecule has 2 aromatic heterocycles. The lowest BCUT2D eigenvalue weighted by Crippen LogP contribution is -2.43. The van der Waals surface area contributed by atoms with Crippen molar-refractivity contribution < 1.29 is 4.79 Å². The van der Waals surface area contributed by atoms with Gasteiger partial charge in [-0.05, 0) is 51.4 Å². The van der Waals surface area contributed by atoms with Crippen LogP contribution in [0.4, 0.5) is 0 Å². The molecular weight excluding hydrogens is 292 g/mol. The van der Waals surface area contributed by atoms with Crippen molar-refractivity contribution in [2.75, 3.05) is 0 Å². The summed E-state index contributed by atoms with van der Waals surface area (Å²) in [5.74, 6) is 0.620. The van der Waals surface area contributed by atoms with Gasteiger partial charge < -0.3 is 5.32 Å². The standard InChI is InChI=1S/C13H18N4OS2/c1-8(11(18)14-13(2,3)4)17-10(15-16-12(17)19)9-6-5-7-20-9/h5-8H,1-4H3,(H,14,18)(H,16,19)/t8-/m0/s1. The minimum Gasteiger partial charge on any atom is -0.350 e. The van der Waals surface area contributed by atoms with E-state index in [2.05, 4.69) is 15.5 Å². The maximum absolute atomic E-state index is 12.3. The highest BCUT2D eigenvalue weighted by molar-refractivity contribution is 7.71. The first-order valence-electron chi connectivity index (χ1n) is 6.32. The minimum absolute atomic E-state index is 0.0761. The number of nitrogens with zero attached hydrogens (tertiary/aromatic N) is 2. The van der Waals surface area contributed by atoms with Crippen LogP contribution in [0.5, 0.6) is 0 Å². The molecule has 0 bridgehead atoms. The van der Waals surface area contributed by atoms with Crippen LogP contribution < -0.4 is 5.32 Å². The van der Waals surface area contributed by atoms with Gasteiger partial charge in [-0.3, -0.25) is 14.5 Å². The lowest BCUT2D eigenvalue weighted by molar-refractivity contribution is -0.125. The topological polar surface area (TPSA) is 62.7 Å². The first-order chi connectivity index (χ1) is 9.29. The molecule has 0 unspecified atom stereocenters. The third-order valence-corrected chi connectivity index (χ3v) is 3.86. The number of aromatic nitrogens is 3. The van der Waals surface area contributed by atoms with E-state index in [0.29, 0.717) is 10.6 Å². The number of amides is 1. The minimum atomic E-state index is -0.419. The number of carbonyl (C=O) groups excluding carboxylic acids is 1. The fourth-order valence-electron chi connectivity index (χ4n) is 1.83. The highest BCUT2D eigenvalue weighted by atomic mass is 32.1. The number of aromatic amines is 1. The summed E-state index contributed by atoms with van der Waals surface area (Å²) in [6, 6.07) is 3.49. The van der Waals surface area contributed by atoms with Crippen LogP contribution in [0.2, 0.25) is 0 Å². The smallest absolute Gasteiger partial charge is 0.243 e. The van der Waals surface area contributed by atoms with E-state index >= 15 is 0 Å². The lowest BCUT2D eigenvalue weighted by Gasteiger charge is -2.24. The average Bonchev–Trinajstić information content (AvgIpc) is 2.94. The molecule has 108 valence electrons. The van der Waals surface area contributed by atoms with Gasteiger partial charge >= 0.3 is 0 Å². The third-order valence-electron chi connectivity index (χ3n) is 2.71. The largest absolute Gasteiger partial charge is 0.350 e. The van der Waals surface area contributed by atoms with E-state index in [-0.39, 0.29) is 11.4 Å². The number of H-pyrrole nitrogens is 1. The Bertz CT molecular complexity index is 649. The molecule has 1 atom stereocenters. The Morgan fingerprint density at radius 3 is 2.80 bits per heavy atom. The summed E-state index contributed by atoms with van der Waals surface area (Å²) < 4.78 is 2.20. The van der Waals surface area contributed by atoms with Gasteiger partial charge in [-0.25, -0.2) is 0 Å². The van der Waals surface area contributed by atoms with E-state index in [1.54, 1.807) is 15.9 Å². The molecular formula is C13H18N4OS2. The van der Waals surface area contributed by atoms with Crippen molar-refractivity contribution in [3.05, 3.63) is 22.3 Å². The first kappa shape index (κ1) is 14.9. The van der Waals surface area contributed by atoms with Crippen LogP contribution >= 0.6 is 23.6 Å². The van der Waals surface area contributed by atoms with Crippen molar-refractivity contribution in [2.24, 2.45) is 0 Å². The number of rotatable bonds is 3. The van der Waals surface area contributed by atoms with Gasteiger partial charge in [0.25, 0.3) is 0 Å². The van der Waals surface area contributed by atoms with E-state index in [9.17, 15) is 4.79 Å². The van der Waals surface area contributed by atoms with Gasteiger partial charge in [0.05, 0.1) is 4.88 Å². The van der Waals surface area contributed by atoms with Crippen molar-refractivity contribution in [3.63, 3.8) is 0 Å². The summed E-state index contributed by atoms with van der Waals surface area (Å²) >= 11 is 6.82. The second-order valence-corrected chi connectivity index (χ2v) is 6.95. The molecule has 0 spiro atoms. The SMILES string of the molecule is C[C@@H](C(=O)NC(C)(C)C)n1c(-c2cccs2)n[nH]c1=S. The van der Waals surface area contributed by atoms with Crippen molar-refractivity contribution in [3.8, 4) is 10.7 Å². The Balaban J connectivity index is 2.36. The van der Waals surface area contributed by atoms with Crippen LogP contribution in [0.25, 0.3) is 10.7 Å². The fraction of sp³-hybridized carbons (Fsp3) is 0.462. The number of nitrogens with one attached hydrogen (secondary N) is 2. The molecule has 0 radical (unpaired) electrons. The van der Waals surface area contributed by atoms with Gasteiger partial charge in [0.2, 0.25) is 5.91 Å². The second-order valence-electron chi connectivity index (χ2n) is 5.61. The predicted octanol–water partition coefficient (Wildman–Crippen LogP) is 3.14. The molecule has 1 amide bonds. The normalized spacial score (nSPS) is 13.2. The van der Waals surface area contributed by atoms with Gasteiger partial charge in [0.1, 0.15) is 6.04 Å². The molecule has 5 nitrogen and oxygen atoms in total. The summed E-state index contributed by atoms with van der Waals surface area (Å²) in [4.78, 5) is 13.3. The van der Waals surface area contributed by atoms with E-state index in [0.717, 1.165) is 4.88 Å². The molecule has 0 aliphatic rings.